The van der Waals surface area contributed by atoms with Crippen LogP contribution in [0.1, 0.15) is 35.4 Å². The second-order valence-electron chi connectivity index (χ2n) is 12.7. The Balaban J connectivity index is 0.000000730. The molecule has 54 heavy (non-hydrogen) atoms. The van der Waals surface area contributed by atoms with Crippen molar-refractivity contribution in [1.29, 1.82) is 0 Å². The molecular formula is C37H38F3N3O11. The number of halogens is 3. The van der Waals surface area contributed by atoms with Crippen LogP contribution in [-0.2, 0) is 29.4 Å². The van der Waals surface area contributed by atoms with E-state index in [-0.39, 0.29) is 12.2 Å². The van der Waals surface area contributed by atoms with Gasteiger partial charge in [0.2, 0.25) is 0 Å². The third-order valence-electron chi connectivity index (χ3n) is 9.45. The van der Waals surface area contributed by atoms with Gasteiger partial charge in [0.25, 0.3) is 5.56 Å². The standard InChI is InChI=1S/C35H37N3O9.C2HF3O2/c1-20-18-38(33(42)37-31(20)41)32-27-28(36)30(46-21(2)39)34(47-32,29(27)40)19-45-35(22-8-6-5-7-9-22,23-10-14-25(43-3)15-11-23)24-12-16-26(44-4)17-13-24;3-2(4,5)1(6)7/h5-18,27-30,32,40H,19,36H2,1-4H3,(H,37,41,42);(H,6,7)/t27-,28+,29+,30+,32-,34-;/m1./s1. The number of aliphatic hydroxyl groups excluding tert-OH is 1. The molecule has 0 unspecified atom stereocenters. The minimum absolute atomic E-state index is 0.267. The minimum atomic E-state index is -5.08. The van der Waals surface area contributed by atoms with Gasteiger partial charge >= 0.3 is 23.8 Å². The highest BCUT2D eigenvalue weighted by molar-refractivity contribution is 5.73. The molecule has 0 radical (unpaired) electrons. The number of carbonyl (C=O) groups excluding carboxylic acids is 1. The summed E-state index contributed by atoms with van der Waals surface area (Å²) in [5.74, 6) is -2.99. The fourth-order valence-corrected chi connectivity index (χ4v) is 6.89. The van der Waals surface area contributed by atoms with Crippen molar-refractivity contribution in [3.63, 3.8) is 0 Å². The molecule has 1 saturated carbocycles. The summed E-state index contributed by atoms with van der Waals surface area (Å²) >= 11 is 0. The Bertz CT molecular complexity index is 2020. The van der Waals surface area contributed by atoms with Crippen molar-refractivity contribution in [1.82, 2.24) is 9.55 Å². The van der Waals surface area contributed by atoms with Crippen molar-refractivity contribution >= 4 is 11.9 Å². The number of aliphatic carboxylic acids is 1. The number of carbonyl (C=O) groups is 2. The fourth-order valence-electron chi connectivity index (χ4n) is 6.89. The number of nitrogens with one attached hydrogen (secondary N) is 1. The molecule has 1 aromatic heterocycles. The van der Waals surface area contributed by atoms with Gasteiger partial charge in [-0.2, -0.15) is 13.2 Å². The first-order chi connectivity index (χ1) is 25.5. The Morgan fingerprint density at radius 3 is 1.89 bits per heavy atom. The van der Waals surface area contributed by atoms with Crippen LogP contribution in [0.25, 0.3) is 0 Å². The van der Waals surface area contributed by atoms with Gasteiger partial charge < -0.3 is 39.6 Å². The van der Waals surface area contributed by atoms with Gasteiger partial charge in [-0.3, -0.25) is 19.1 Å². The Kier molecular flexibility index (Phi) is 11.4. The molecule has 2 heterocycles. The van der Waals surface area contributed by atoms with E-state index in [0.29, 0.717) is 11.5 Å². The van der Waals surface area contributed by atoms with Crippen LogP contribution in [0.2, 0.25) is 0 Å². The highest BCUT2D eigenvalue weighted by atomic mass is 19.4. The van der Waals surface area contributed by atoms with Crippen LogP contribution in [0.4, 0.5) is 13.2 Å². The molecule has 3 aromatic carbocycles. The summed E-state index contributed by atoms with van der Waals surface area (Å²) in [4.78, 5) is 48.7. The minimum Gasteiger partial charge on any atom is -0.497 e. The van der Waals surface area contributed by atoms with Gasteiger partial charge in [0.05, 0.1) is 38.9 Å². The lowest BCUT2D eigenvalue weighted by atomic mass is 9.79. The average Bonchev–Trinajstić information content (AvgIpc) is 3.54. The van der Waals surface area contributed by atoms with Gasteiger partial charge in [0, 0.05) is 18.7 Å². The Hall–Kier alpha value is -5.49. The molecule has 2 aliphatic rings. The second kappa shape index (κ2) is 15.5. The van der Waals surface area contributed by atoms with E-state index in [1.54, 1.807) is 21.1 Å². The number of carboxylic acids is 1. The van der Waals surface area contributed by atoms with Crippen LogP contribution in [0, 0.1) is 12.8 Å². The smallest absolute Gasteiger partial charge is 0.490 e. The number of carboxylic acid groups (broad SMARTS) is 1. The largest absolute Gasteiger partial charge is 0.497 e. The van der Waals surface area contributed by atoms with Crippen molar-refractivity contribution < 1.29 is 56.7 Å². The number of aromatic nitrogens is 2. The number of nitrogens with zero attached hydrogens (tertiary/aromatic N) is 1. The summed E-state index contributed by atoms with van der Waals surface area (Å²) in [6.45, 7) is 2.48. The molecule has 1 aliphatic heterocycles. The quantitative estimate of drug-likeness (QED) is 0.136. The summed E-state index contributed by atoms with van der Waals surface area (Å²) in [5, 5.41) is 19.1. The van der Waals surface area contributed by atoms with E-state index in [9.17, 15) is 32.7 Å². The lowest BCUT2D eigenvalue weighted by molar-refractivity contribution is -0.225. The molecule has 2 fully saturated rings. The molecule has 288 valence electrons. The number of fused-ring (bicyclic) bond motifs is 2. The maximum absolute atomic E-state index is 13.0. The van der Waals surface area contributed by atoms with Gasteiger partial charge in [0.15, 0.2) is 11.7 Å². The fraction of sp³-hybridized carbons (Fsp3) is 0.351. The molecule has 1 saturated heterocycles. The summed E-state index contributed by atoms with van der Waals surface area (Å²) in [5.41, 5.74) is 4.88. The molecule has 0 amide bonds. The molecular weight excluding hydrogens is 719 g/mol. The maximum atomic E-state index is 13.0. The van der Waals surface area contributed by atoms with Crippen molar-refractivity contribution in [2.75, 3.05) is 20.8 Å². The maximum Gasteiger partial charge on any atom is 0.490 e. The molecule has 6 atom stereocenters. The van der Waals surface area contributed by atoms with Crippen LogP contribution in [0.15, 0.2) is 94.6 Å². The van der Waals surface area contributed by atoms with E-state index in [1.807, 2.05) is 78.9 Å². The van der Waals surface area contributed by atoms with Gasteiger partial charge in [-0.15, -0.1) is 0 Å². The Labute approximate surface area is 305 Å². The topological polar surface area (TPSA) is 202 Å². The van der Waals surface area contributed by atoms with Crippen molar-refractivity contribution in [3.8, 4) is 11.5 Å². The molecule has 1 aliphatic carbocycles. The van der Waals surface area contributed by atoms with Crippen molar-refractivity contribution in [3.05, 3.63) is 128 Å². The van der Waals surface area contributed by atoms with Crippen LogP contribution in [0.3, 0.4) is 0 Å². The monoisotopic (exact) mass is 757 g/mol. The van der Waals surface area contributed by atoms with Crippen LogP contribution in [-0.4, -0.2) is 82.6 Å². The molecule has 14 nitrogen and oxygen atoms in total. The highest BCUT2D eigenvalue weighted by Crippen LogP contribution is 2.54. The number of alkyl halides is 3. The van der Waals surface area contributed by atoms with Crippen LogP contribution in [0.5, 0.6) is 11.5 Å². The van der Waals surface area contributed by atoms with E-state index in [4.69, 9.17) is 39.3 Å². The third-order valence-corrected chi connectivity index (χ3v) is 9.45. The van der Waals surface area contributed by atoms with Gasteiger partial charge in [0.1, 0.15) is 23.3 Å². The number of methoxy groups -OCH3 is 2. The molecule has 4 aromatic rings. The number of ether oxygens (including phenoxy) is 5. The number of nitrogens with two attached hydrogens (primary N) is 1. The number of aryl methyl sites for hydroxylation is 1. The first kappa shape index (κ1) is 39.7. The number of hydrogen-bond donors (Lipinski definition) is 4. The number of H-pyrrole nitrogens is 1. The van der Waals surface area contributed by atoms with Gasteiger partial charge in [-0.25, -0.2) is 9.59 Å². The molecule has 17 heteroatoms. The Morgan fingerprint density at radius 2 is 1.43 bits per heavy atom. The van der Waals surface area contributed by atoms with E-state index in [2.05, 4.69) is 4.98 Å². The van der Waals surface area contributed by atoms with Gasteiger partial charge in [-0.05, 0) is 47.9 Å². The zero-order chi connectivity index (χ0) is 39.6. The van der Waals surface area contributed by atoms with Crippen LogP contribution < -0.4 is 26.5 Å². The first-order valence-corrected chi connectivity index (χ1v) is 16.4. The van der Waals surface area contributed by atoms with Crippen molar-refractivity contribution in [2.24, 2.45) is 11.7 Å². The first-order valence-electron chi connectivity index (χ1n) is 16.4. The average molecular weight is 758 g/mol. The summed E-state index contributed by atoms with van der Waals surface area (Å²) in [7, 11) is 3.16. The lowest BCUT2D eigenvalue weighted by Crippen LogP contribution is -2.59. The number of benzene rings is 3. The summed E-state index contributed by atoms with van der Waals surface area (Å²) < 4.78 is 63.2. The molecule has 5 N–H and O–H groups in total. The van der Waals surface area contributed by atoms with Crippen molar-refractivity contribution in [2.45, 2.75) is 55.7 Å². The zero-order valence-corrected chi connectivity index (χ0v) is 29.4. The SMILES string of the molecule is COc1ccc(C(OC[C@]23O[C@@H](n4cc(C)c(=O)[nH]c4=O)[C@H]([C@H](N)[C@@H]2OC(C)=O)[C@@H]3O)(c2ccccc2)c2ccc(OC)cc2)cc1.O=C(O)C(F)(F)F. The number of aliphatic hydroxyl groups is 1. The predicted octanol–water partition coefficient (Wildman–Crippen LogP) is 3.02. The number of rotatable bonds is 10. The third kappa shape index (κ3) is 7.35. The molecule has 0 spiro atoms. The lowest BCUT2D eigenvalue weighted by Gasteiger charge is -2.43. The second-order valence-corrected chi connectivity index (χ2v) is 12.7. The van der Waals surface area contributed by atoms with E-state index < -0.39 is 71.0 Å². The summed E-state index contributed by atoms with van der Waals surface area (Å²) in [6.07, 6.45) is -7.27. The predicted molar refractivity (Wildman–Crippen MR) is 184 cm³/mol. The number of esters is 1. The summed E-state index contributed by atoms with van der Waals surface area (Å²) in [6, 6.07) is 23.4. The molecule has 6 rings (SSSR count). The number of hydrogen-bond acceptors (Lipinski definition) is 11. The molecule has 2 bridgehead atoms. The van der Waals surface area contributed by atoms with E-state index in [0.717, 1.165) is 16.7 Å². The van der Waals surface area contributed by atoms with Crippen LogP contribution >= 0.6 is 0 Å². The highest BCUT2D eigenvalue weighted by Gasteiger charge is 2.71. The number of aromatic amines is 1. The van der Waals surface area contributed by atoms with Gasteiger partial charge in [-0.1, -0.05) is 54.6 Å². The zero-order valence-electron chi connectivity index (χ0n) is 29.4. The normalized spacial score (nSPS) is 23.2. The van der Waals surface area contributed by atoms with E-state index in [1.165, 1.54) is 17.7 Å². The van der Waals surface area contributed by atoms with E-state index >= 15 is 0 Å². The Morgan fingerprint density at radius 1 is 0.926 bits per heavy atom.